The molecule has 0 aromatic rings. The van der Waals surface area contributed by atoms with Crippen LogP contribution in [-0.4, -0.2) is 18.4 Å². The van der Waals surface area contributed by atoms with E-state index in [1.807, 2.05) is 0 Å². The molecule has 0 spiro atoms. The van der Waals surface area contributed by atoms with E-state index in [1.165, 1.54) is 0 Å². The minimum atomic E-state index is -0.585. The molecule has 0 radical (unpaired) electrons. The molecule has 3 heteroatoms. The van der Waals surface area contributed by atoms with E-state index in [-0.39, 0.29) is 17.7 Å². The number of Topliss-reactive ketones (excluding diaryl/α,β-unsaturated/α-hetero) is 1. The van der Waals surface area contributed by atoms with Crippen molar-refractivity contribution in [3.63, 3.8) is 0 Å². The first-order valence-corrected chi connectivity index (χ1v) is 6.83. The quantitative estimate of drug-likeness (QED) is 0.438. The molecule has 3 nitrogen and oxygen atoms in total. The Morgan fingerprint density at radius 2 is 2.22 bits per heavy atom. The Labute approximate surface area is 109 Å². The maximum atomic E-state index is 12.1. The fourth-order valence-electron chi connectivity index (χ4n) is 2.60. The zero-order valence-corrected chi connectivity index (χ0v) is 11.1. The molecule has 0 heterocycles. The van der Waals surface area contributed by atoms with Crippen LogP contribution < -0.4 is 0 Å². The van der Waals surface area contributed by atoms with Crippen LogP contribution in [0.1, 0.15) is 51.9 Å². The third-order valence-corrected chi connectivity index (χ3v) is 3.52. The zero-order valence-electron chi connectivity index (χ0n) is 11.1. The van der Waals surface area contributed by atoms with Crippen LogP contribution in [0, 0.1) is 24.2 Å². The lowest BCUT2D eigenvalue weighted by atomic mass is 9.78. The Balaban J connectivity index is 2.79. The molecule has 1 saturated carbocycles. The number of carbonyl (C=O) groups is 2. The van der Waals surface area contributed by atoms with Crippen LogP contribution in [0.15, 0.2) is 0 Å². The third-order valence-electron chi connectivity index (χ3n) is 3.52. The van der Waals surface area contributed by atoms with E-state index < -0.39 is 5.92 Å². The Morgan fingerprint density at radius 1 is 1.44 bits per heavy atom. The predicted octanol–water partition coefficient (Wildman–Crippen LogP) is 2.73. The van der Waals surface area contributed by atoms with Crippen LogP contribution in [0.4, 0.5) is 0 Å². The van der Waals surface area contributed by atoms with E-state index in [2.05, 4.69) is 5.92 Å². The number of esters is 1. The fourth-order valence-corrected chi connectivity index (χ4v) is 2.60. The molecule has 18 heavy (non-hydrogen) atoms. The highest BCUT2D eigenvalue weighted by molar-refractivity contribution is 5.99. The van der Waals surface area contributed by atoms with Gasteiger partial charge in [-0.15, -0.1) is 12.3 Å². The number of ether oxygens (including phenoxy) is 1. The molecule has 0 aromatic carbocycles. The number of carbonyl (C=O) groups excluding carboxylic acids is 2. The summed E-state index contributed by atoms with van der Waals surface area (Å²) in [5.41, 5.74) is 0. The van der Waals surface area contributed by atoms with Crippen molar-refractivity contribution in [2.75, 3.05) is 6.61 Å². The van der Waals surface area contributed by atoms with E-state index in [4.69, 9.17) is 11.2 Å². The molecular formula is C15H22O3. The molecule has 2 unspecified atom stereocenters. The molecule has 0 bridgehead atoms. The summed E-state index contributed by atoms with van der Waals surface area (Å²) in [6.07, 6.45) is 11.1. The van der Waals surface area contributed by atoms with E-state index in [0.29, 0.717) is 19.4 Å². The van der Waals surface area contributed by atoms with Gasteiger partial charge in [-0.25, -0.2) is 0 Å². The van der Waals surface area contributed by atoms with E-state index >= 15 is 0 Å². The van der Waals surface area contributed by atoms with Gasteiger partial charge < -0.3 is 4.74 Å². The number of terminal acetylenes is 1. The second-order valence-corrected chi connectivity index (χ2v) is 4.80. The predicted molar refractivity (Wildman–Crippen MR) is 69.8 cm³/mol. The van der Waals surface area contributed by atoms with Crippen molar-refractivity contribution in [1.29, 1.82) is 0 Å². The first-order valence-electron chi connectivity index (χ1n) is 6.83. The van der Waals surface area contributed by atoms with Crippen molar-refractivity contribution < 1.29 is 14.3 Å². The maximum Gasteiger partial charge on any atom is 0.316 e. The lowest BCUT2D eigenvalue weighted by Crippen LogP contribution is -2.34. The summed E-state index contributed by atoms with van der Waals surface area (Å²) in [4.78, 5) is 24.1. The Kier molecular flexibility index (Phi) is 6.49. The lowest BCUT2D eigenvalue weighted by molar-refractivity contribution is -0.154. The molecule has 0 aliphatic heterocycles. The maximum absolute atomic E-state index is 12.1. The SMILES string of the molecule is C#CCCC1CCCCCC(=O)C1C(=O)OCC. The number of rotatable bonds is 4. The monoisotopic (exact) mass is 250 g/mol. The van der Waals surface area contributed by atoms with Crippen molar-refractivity contribution in [1.82, 2.24) is 0 Å². The molecule has 0 saturated heterocycles. The summed E-state index contributed by atoms with van der Waals surface area (Å²) in [5.74, 6) is 1.75. The van der Waals surface area contributed by atoms with E-state index in [0.717, 1.165) is 32.1 Å². The van der Waals surface area contributed by atoms with Crippen molar-refractivity contribution in [3.8, 4) is 12.3 Å². The summed E-state index contributed by atoms with van der Waals surface area (Å²) in [6.45, 7) is 2.09. The molecule has 2 atom stereocenters. The van der Waals surface area contributed by atoms with Crippen LogP contribution in [0.2, 0.25) is 0 Å². The van der Waals surface area contributed by atoms with Gasteiger partial charge in [-0.05, 0) is 32.1 Å². The minimum absolute atomic E-state index is 0.0372. The first kappa shape index (κ1) is 14.8. The highest BCUT2D eigenvalue weighted by Crippen LogP contribution is 2.30. The van der Waals surface area contributed by atoms with Gasteiger partial charge >= 0.3 is 5.97 Å². The second-order valence-electron chi connectivity index (χ2n) is 4.80. The average Bonchev–Trinajstić information content (AvgIpc) is 2.32. The summed E-state index contributed by atoms with van der Waals surface area (Å²) in [5, 5.41) is 0. The fraction of sp³-hybridized carbons (Fsp3) is 0.733. The van der Waals surface area contributed by atoms with Crippen LogP contribution in [0.3, 0.4) is 0 Å². The normalized spacial score (nSPS) is 24.8. The molecular weight excluding hydrogens is 228 g/mol. The average molecular weight is 250 g/mol. The standard InChI is InChI=1S/C15H22O3/c1-3-5-9-12-10-7-6-8-11-13(16)14(12)15(17)18-4-2/h1,12,14H,4-11H2,2H3. The number of hydrogen-bond acceptors (Lipinski definition) is 3. The van der Waals surface area contributed by atoms with Crippen molar-refractivity contribution in [2.45, 2.75) is 51.9 Å². The molecule has 0 amide bonds. The van der Waals surface area contributed by atoms with Crippen LogP contribution in [0.5, 0.6) is 0 Å². The van der Waals surface area contributed by atoms with Crippen LogP contribution >= 0.6 is 0 Å². The van der Waals surface area contributed by atoms with Gasteiger partial charge in [0, 0.05) is 12.8 Å². The van der Waals surface area contributed by atoms with Crippen molar-refractivity contribution in [3.05, 3.63) is 0 Å². The van der Waals surface area contributed by atoms with Gasteiger partial charge in [0.15, 0.2) is 0 Å². The molecule has 1 aliphatic rings. The molecule has 0 N–H and O–H groups in total. The summed E-state index contributed by atoms with van der Waals surface area (Å²) >= 11 is 0. The summed E-state index contributed by atoms with van der Waals surface area (Å²) in [6, 6.07) is 0. The van der Waals surface area contributed by atoms with Gasteiger partial charge in [-0.2, -0.15) is 0 Å². The first-order chi connectivity index (χ1) is 8.70. The van der Waals surface area contributed by atoms with Crippen LogP contribution in [-0.2, 0) is 14.3 Å². The van der Waals surface area contributed by atoms with Gasteiger partial charge in [0.2, 0.25) is 0 Å². The third kappa shape index (κ3) is 4.18. The highest BCUT2D eigenvalue weighted by atomic mass is 16.5. The molecule has 100 valence electrons. The zero-order chi connectivity index (χ0) is 13.4. The topological polar surface area (TPSA) is 43.4 Å². The smallest absolute Gasteiger partial charge is 0.316 e. The molecule has 1 rings (SSSR count). The molecule has 1 fully saturated rings. The molecule has 0 aromatic heterocycles. The van der Waals surface area contributed by atoms with Gasteiger partial charge in [0.05, 0.1) is 6.61 Å². The van der Waals surface area contributed by atoms with E-state index in [1.54, 1.807) is 6.92 Å². The van der Waals surface area contributed by atoms with Gasteiger partial charge in [0.25, 0.3) is 0 Å². The second kappa shape index (κ2) is 7.92. The molecule has 1 aliphatic carbocycles. The van der Waals surface area contributed by atoms with Crippen LogP contribution in [0.25, 0.3) is 0 Å². The summed E-state index contributed by atoms with van der Waals surface area (Å²) in [7, 11) is 0. The Bertz CT molecular complexity index is 319. The minimum Gasteiger partial charge on any atom is -0.465 e. The van der Waals surface area contributed by atoms with Gasteiger partial charge in [0.1, 0.15) is 11.7 Å². The lowest BCUT2D eigenvalue weighted by Gasteiger charge is -2.26. The van der Waals surface area contributed by atoms with Crippen molar-refractivity contribution >= 4 is 11.8 Å². The largest absolute Gasteiger partial charge is 0.465 e. The highest BCUT2D eigenvalue weighted by Gasteiger charge is 2.35. The Hall–Kier alpha value is -1.30. The van der Waals surface area contributed by atoms with Gasteiger partial charge in [-0.3, -0.25) is 9.59 Å². The Morgan fingerprint density at radius 3 is 2.89 bits per heavy atom. The number of ketones is 1. The van der Waals surface area contributed by atoms with E-state index in [9.17, 15) is 9.59 Å². The van der Waals surface area contributed by atoms with Gasteiger partial charge in [-0.1, -0.05) is 12.8 Å². The number of hydrogen-bond donors (Lipinski definition) is 0. The van der Waals surface area contributed by atoms with Crippen molar-refractivity contribution in [2.24, 2.45) is 11.8 Å². The summed E-state index contributed by atoms with van der Waals surface area (Å²) < 4.78 is 5.05.